The molecule has 2 rings (SSSR count). The molecule has 0 saturated heterocycles. The van der Waals surface area contributed by atoms with Crippen LogP contribution < -0.4 is 0 Å². The number of ether oxygens (including phenoxy) is 1. The molecule has 0 fully saturated rings. The largest absolute Gasteiger partial charge is 0.461 e. The van der Waals surface area contributed by atoms with Crippen LogP contribution in [-0.4, -0.2) is 27.2 Å². The number of carbonyl (C=O) groups excluding carboxylic acids is 1. The molecule has 0 aliphatic carbocycles. The van der Waals surface area contributed by atoms with E-state index in [1.54, 1.807) is 6.92 Å². The summed E-state index contributed by atoms with van der Waals surface area (Å²) in [6.07, 6.45) is -3.44. The zero-order valence-electron chi connectivity index (χ0n) is 9.23. The van der Waals surface area contributed by atoms with Gasteiger partial charge in [-0.25, -0.2) is 14.3 Å². The first-order valence-corrected chi connectivity index (χ1v) is 5.02. The number of aromatic nitrogens is 3. The molecular weight excluding hydrogens is 251 g/mol. The maximum absolute atomic E-state index is 12.4. The Bertz CT molecular complexity index is 592. The van der Waals surface area contributed by atoms with Crippen LogP contribution in [0.15, 0.2) is 18.3 Å². The van der Waals surface area contributed by atoms with Crippen LogP contribution in [0.5, 0.6) is 0 Å². The number of fused-ring (bicyclic) bond motifs is 1. The number of nitrogens with zero attached hydrogens (tertiary/aromatic N) is 3. The van der Waals surface area contributed by atoms with Gasteiger partial charge < -0.3 is 4.74 Å². The first-order valence-electron chi connectivity index (χ1n) is 5.02. The fraction of sp³-hybridized carbons (Fsp3) is 0.300. The van der Waals surface area contributed by atoms with E-state index in [4.69, 9.17) is 4.74 Å². The monoisotopic (exact) mass is 259 g/mol. The lowest BCUT2D eigenvalue weighted by Gasteiger charge is -2.04. The summed E-state index contributed by atoms with van der Waals surface area (Å²) in [5, 5.41) is 3.77. The van der Waals surface area contributed by atoms with Crippen molar-refractivity contribution >= 4 is 11.6 Å². The number of alkyl halides is 3. The van der Waals surface area contributed by atoms with Gasteiger partial charge in [0.1, 0.15) is 5.69 Å². The lowest BCUT2D eigenvalue weighted by molar-refractivity contribution is -0.141. The number of rotatable bonds is 2. The molecule has 8 heteroatoms. The lowest BCUT2D eigenvalue weighted by atomic mass is 10.4. The van der Waals surface area contributed by atoms with Gasteiger partial charge in [0.2, 0.25) is 0 Å². The average molecular weight is 259 g/mol. The third-order valence-corrected chi connectivity index (χ3v) is 2.10. The van der Waals surface area contributed by atoms with Crippen LogP contribution in [0, 0.1) is 0 Å². The minimum absolute atomic E-state index is 0.0621. The van der Waals surface area contributed by atoms with Gasteiger partial charge in [0.05, 0.1) is 6.61 Å². The van der Waals surface area contributed by atoms with Crippen molar-refractivity contribution in [3.05, 3.63) is 29.7 Å². The lowest BCUT2D eigenvalue weighted by Crippen LogP contribution is -2.08. The van der Waals surface area contributed by atoms with Gasteiger partial charge in [0, 0.05) is 12.3 Å². The standard InChI is InChI=1S/C10H8F3N3O2/c1-2-18-9(17)6-5-8-14-7(10(11,12)13)3-4-16(8)15-6/h3-5H,2H2,1H3. The van der Waals surface area contributed by atoms with Gasteiger partial charge in [0.15, 0.2) is 11.3 Å². The predicted molar refractivity (Wildman–Crippen MR) is 53.9 cm³/mol. The molecule has 0 spiro atoms. The Morgan fingerprint density at radius 2 is 2.22 bits per heavy atom. The molecule has 2 heterocycles. The number of halogens is 3. The Morgan fingerprint density at radius 1 is 1.50 bits per heavy atom. The Labute approximate surface area is 99.2 Å². The Balaban J connectivity index is 2.43. The van der Waals surface area contributed by atoms with E-state index in [1.165, 1.54) is 0 Å². The van der Waals surface area contributed by atoms with E-state index in [2.05, 4.69) is 10.1 Å². The molecule has 0 amide bonds. The zero-order valence-corrected chi connectivity index (χ0v) is 9.23. The summed E-state index contributed by atoms with van der Waals surface area (Å²) in [6.45, 7) is 1.78. The highest BCUT2D eigenvalue weighted by atomic mass is 19.4. The van der Waals surface area contributed by atoms with Crippen LogP contribution >= 0.6 is 0 Å². The van der Waals surface area contributed by atoms with E-state index >= 15 is 0 Å². The van der Waals surface area contributed by atoms with Crippen LogP contribution in [0.25, 0.3) is 5.65 Å². The van der Waals surface area contributed by atoms with Gasteiger partial charge in [0.25, 0.3) is 0 Å². The second-order valence-electron chi connectivity index (χ2n) is 3.36. The Kier molecular flexibility index (Phi) is 2.93. The van der Waals surface area contributed by atoms with Crippen LogP contribution in [-0.2, 0) is 10.9 Å². The van der Waals surface area contributed by atoms with Crippen LogP contribution in [0.3, 0.4) is 0 Å². The normalized spacial score (nSPS) is 11.8. The van der Waals surface area contributed by atoms with Crippen molar-refractivity contribution in [3.8, 4) is 0 Å². The van der Waals surface area contributed by atoms with Gasteiger partial charge in [-0.2, -0.15) is 18.3 Å². The maximum atomic E-state index is 12.4. The third-order valence-electron chi connectivity index (χ3n) is 2.10. The van der Waals surface area contributed by atoms with Crippen molar-refractivity contribution in [2.24, 2.45) is 0 Å². The van der Waals surface area contributed by atoms with Crippen molar-refractivity contribution in [3.63, 3.8) is 0 Å². The van der Waals surface area contributed by atoms with Gasteiger partial charge in [-0.3, -0.25) is 0 Å². The molecule has 0 aliphatic heterocycles. The molecule has 0 bridgehead atoms. The molecule has 0 aromatic carbocycles. The highest BCUT2D eigenvalue weighted by molar-refractivity contribution is 5.88. The summed E-state index contributed by atoms with van der Waals surface area (Å²) in [4.78, 5) is 14.7. The molecule has 18 heavy (non-hydrogen) atoms. The number of carbonyl (C=O) groups is 1. The zero-order chi connectivity index (χ0) is 13.3. The van der Waals surface area contributed by atoms with E-state index < -0.39 is 17.8 Å². The third kappa shape index (κ3) is 2.27. The fourth-order valence-corrected chi connectivity index (χ4v) is 1.34. The van der Waals surface area contributed by atoms with Gasteiger partial charge >= 0.3 is 12.1 Å². The molecule has 5 nitrogen and oxygen atoms in total. The first-order chi connectivity index (χ1) is 8.41. The highest BCUT2D eigenvalue weighted by Gasteiger charge is 2.32. The van der Waals surface area contributed by atoms with Crippen molar-refractivity contribution in [1.82, 2.24) is 14.6 Å². The number of hydrogen-bond donors (Lipinski definition) is 0. The summed E-state index contributed by atoms with van der Waals surface area (Å²) < 4.78 is 43.0. The molecule has 0 atom stereocenters. The van der Waals surface area contributed by atoms with Gasteiger partial charge in [-0.05, 0) is 13.0 Å². The maximum Gasteiger partial charge on any atom is 0.433 e. The van der Waals surface area contributed by atoms with E-state index in [0.29, 0.717) is 0 Å². The van der Waals surface area contributed by atoms with E-state index in [-0.39, 0.29) is 17.9 Å². The molecule has 2 aromatic heterocycles. The van der Waals surface area contributed by atoms with Crippen molar-refractivity contribution in [2.75, 3.05) is 6.61 Å². The van der Waals surface area contributed by atoms with Crippen LogP contribution in [0.1, 0.15) is 23.1 Å². The summed E-state index contributed by atoms with van der Waals surface area (Å²) in [5.74, 6) is -0.698. The molecule has 0 radical (unpaired) electrons. The quantitative estimate of drug-likeness (QED) is 0.773. The fourth-order valence-electron chi connectivity index (χ4n) is 1.34. The smallest absolute Gasteiger partial charge is 0.433 e. The van der Waals surface area contributed by atoms with Gasteiger partial charge in [-0.1, -0.05) is 0 Å². The highest BCUT2D eigenvalue weighted by Crippen LogP contribution is 2.27. The minimum Gasteiger partial charge on any atom is -0.461 e. The second-order valence-corrected chi connectivity index (χ2v) is 3.36. The molecule has 0 saturated carbocycles. The average Bonchev–Trinajstić information content (AvgIpc) is 2.70. The van der Waals surface area contributed by atoms with E-state index in [9.17, 15) is 18.0 Å². The molecule has 96 valence electrons. The summed E-state index contributed by atoms with van der Waals surface area (Å²) >= 11 is 0. The second kappa shape index (κ2) is 4.28. The van der Waals surface area contributed by atoms with Gasteiger partial charge in [-0.15, -0.1) is 0 Å². The topological polar surface area (TPSA) is 56.5 Å². The molecule has 0 N–H and O–H groups in total. The van der Waals surface area contributed by atoms with Crippen LogP contribution in [0.4, 0.5) is 13.2 Å². The van der Waals surface area contributed by atoms with Crippen LogP contribution in [0.2, 0.25) is 0 Å². The summed E-state index contributed by atoms with van der Waals surface area (Å²) in [6, 6.07) is 1.93. The Morgan fingerprint density at radius 3 is 2.83 bits per heavy atom. The van der Waals surface area contributed by atoms with Crippen molar-refractivity contribution in [2.45, 2.75) is 13.1 Å². The van der Waals surface area contributed by atoms with E-state index in [1.807, 2.05) is 0 Å². The Hall–Kier alpha value is -2.12. The number of esters is 1. The summed E-state index contributed by atoms with van der Waals surface area (Å²) in [5.41, 5.74) is -1.18. The minimum atomic E-state index is -4.53. The van der Waals surface area contributed by atoms with E-state index in [0.717, 1.165) is 22.8 Å². The van der Waals surface area contributed by atoms with Crippen molar-refractivity contribution in [1.29, 1.82) is 0 Å². The summed E-state index contributed by atoms with van der Waals surface area (Å²) in [7, 11) is 0. The number of hydrogen-bond acceptors (Lipinski definition) is 4. The van der Waals surface area contributed by atoms with Crippen molar-refractivity contribution < 1.29 is 22.7 Å². The SMILES string of the molecule is CCOC(=O)c1cc2nc(C(F)(F)F)ccn2n1. The molecule has 2 aromatic rings. The molecule has 0 unspecified atom stereocenters. The predicted octanol–water partition coefficient (Wildman–Crippen LogP) is 1.92. The first kappa shape index (κ1) is 12.3. The molecule has 0 aliphatic rings. The molecular formula is C10H8F3N3O2.